The molecule has 1 atom stereocenters. The Labute approximate surface area is 134 Å². The zero-order valence-electron chi connectivity index (χ0n) is 12.1. The molecule has 116 valence electrons. The number of likely N-dealkylation sites (N-methyl/N-ethyl adjacent to an activating group) is 1. The maximum atomic E-state index is 11.9. The number of quaternary nitrogens is 1. The Morgan fingerprint density at radius 3 is 2.52 bits per heavy atom. The van der Waals surface area contributed by atoms with Gasteiger partial charge in [0.1, 0.15) is 0 Å². The molecule has 21 heavy (non-hydrogen) atoms. The molecule has 1 aromatic carbocycles. The van der Waals surface area contributed by atoms with E-state index in [0.29, 0.717) is 22.3 Å². The van der Waals surface area contributed by atoms with Crippen molar-refractivity contribution in [3.63, 3.8) is 0 Å². The fourth-order valence-corrected chi connectivity index (χ4v) is 2.08. The molecule has 0 aliphatic heterocycles. The Morgan fingerprint density at radius 1 is 1.19 bits per heavy atom. The first-order chi connectivity index (χ1) is 9.93. The first kappa shape index (κ1) is 17.8. The summed E-state index contributed by atoms with van der Waals surface area (Å²) in [5.41, 5.74) is 0.470. The van der Waals surface area contributed by atoms with E-state index in [1.807, 2.05) is 6.92 Å². The summed E-state index contributed by atoms with van der Waals surface area (Å²) in [5.74, 6) is -0.289. The fourth-order valence-electron chi connectivity index (χ4n) is 1.73. The molecule has 0 radical (unpaired) electrons. The van der Waals surface area contributed by atoms with Gasteiger partial charge in [0, 0.05) is 6.54 Å². The summed E-state index contributed by atoms with van der Waals surface area (Å²) in [5, 5.41) is 6.16. The van der Waals surface area contributed by atoms with Gasteiger partial charge in [0.25, 0.3) is 11.8 Å². The summed E-state index contributed by atoms with van der Waals surface area (Å²) in [4.78, 5) is 24.3. The molecular weight excluding hydrogens is 313 g/mol. The van der Waals surface area contributed by atoms with Crippen LogP contribution in [-0.2, 0) is 9.59 Å². The number of hydrogen-bond donors (Lipinski definition) is 3. The van der Waals surface area contributed by atoms with Crippen LogP contribution in [0.5, 0.6) is 0 Å². The fraction of sp³-hybridized carbons (Fsp3) is 0.429. The lowest BCUT2D eigenvalue weighted by Crippen LogP contribution is -3.11. The summed E-state index contributed by atoms with van der Waals surface area (Å²) in [6.07, 6.45) is 0.887. The van der Waals surface area contributed by atoms with Crippen molar-refractivity contribution in [1.82, 2.24) is 5.32 Å². The van der Waals surface area contributed by atoms with Gasteiger partial charge in [0.05, 0.1) is 22.8 Å². The van der Waals surface area contributed by atoms with Crippen molar-refractivity contribution in [2.45, 2.75) is 13.3 Å². The van der Waals surface area contributed by atoms with Gasteiger partial charge in [0.2, 0.25) is 0 Å². The van der Waals surface area contributed by atoms with E-state index >= 15 is 0 Å². The second-order valence-corrected chi connectivity index (χ2v) is 5.60. The minimum absolute atomic E-state index is 0.0667. The first-order valence-electron chi connectivity index (χ1n) is 6.76. The Bertz CT molecular complexity index is 509. The molecular formula is C14H20Cl2N3O2+. The average molecular weight is 333 g/mol. The van der Waals surface area contributed by atoms with Crippen molar-refractivity contribution in [3.05, 3.63) is 28.2 Å². The maximum absolute atomic E-state index is 11.9. The van der Waals surface area contributed by atoms with Gasteiger partial charge < -0.3 is 15.5 Å². The number of nitrogens with one attached hydrogen (secondary N) is 3. The molecule has 0 saturated heterocycles. The molecule has 0 aromatic heterocycles. The van der Waals surface area contributed by atoms with Crippen molar-refractivity contribution in [2.24, 2.45) is 0 Å². The van der Waals surface area contributed by atoms with Gasteiger partial charge >= 0.3 is 0 Å². The second-order valence-electron chi connectivity index (χ2n) is 4.81. The van der Waals surface area contributed by atoms with E-state index in [-0.39, 0.29) is 24.9 Å². The predicted molar refractivity (Wildman–Crippen MR) is 85.0 cm³/mol. The van der Waals surface area contributed by atoms with E-state index in [0.717, 1.165) is 11.3 Å². The highest BCUT2D eigenvalue weighted by Crippen LogP contribution is 2.29. The molecule has 0 fully saturated rings. The molecule has 0 aliphatic rings. The van der Waals surface area contributed by atoms with E-state index in [1.165, 1.54) is 0 Å². The van der Waals surface area contributed by atoms with Crippen LogP contribution in [0.4, 0.5) is 5.69 Å². The number of carbonyl (C=O) groups is 2. The van der Waals surface area contributed by atoms with Crippen molar-refractivity contribution >= 4 is 40.7 Å². The van der Waals surface area contributed by atoms with Gasteiger partial charge in [-0.1, -0.05) is 36.2 Å². The Hall–Kier alpha value is -1.30. The average Bonchev–Trinajstić information content (AvgIpc) is 2.41. The smallest absolute Gasteiger partial charge is 0.279 e. The molecule has 0 heterocycles. The van der Waals surface area contributed by atoms with Gasteiger partial charge in [0.15, 0.2) is 13.1 Å². The zero-order chi connectivity index (χ0) is 15.8. The highest BCUT2D eigenvalue weighted by atomic mass is 35.5. The number of anilines is 1. The van der Waals surface area contributed by atoms with Gasteiger partial charge in [-0.15, -0.1) is 0 Å². The minimum atomic E-state index is -0.222. The molecule has 1 unspecified atom stereocenters. The summed E-state index contributed by atoms with van der Waals surface area (Å²) < 4.78 is 0. The predicted octanol–water partition coefficient (Wildman–Crippen LogP) is 0.973. The van der Waals surface area contributed by atoms with Gasteiger partial charge in [-0.3, -0.25) is 9.59 Å². The van der Waals surface area contributed by atoms with Gasteiger partial charge in [-0.2, -0.15) is 0 Å². The monoisotopic (exact) mass is 332 g/mol. The van der Waals surface area contributed by atoms with E-state index in [2.05, 4.69) is 10.6 Å². The summed E-state index contributed by atoms with van der Waals surface area (Å²) in [6, 6.07) is 5.03. The van der Waals surface area contributed by atoms with Crippen molar-refractivity contribution in [3.8, 4) is 0 Å². The lowest BCUT2D eigenvalue weighted by atomic mass is 10.3. The summed E-state index contributed by atoms with van der Waals surface area (Å²) in [6.45, 7) is 3.05. The molecule has 1 rings (SSSR count). The Balaban J connectivity index is 2.46. The third-order valence-electron chi connectivity index (χ3n) is 2.72. The van der Waals surface area contributed by atoms with E-state index in [9.17, 15) is 9.59 Å². The largest absolute Gasteiger partial charge is 0.351 e. The quantitative estimate of drug-likeness (QED) is 0.696. The molecule has 3 N–H and O–H groups in total. The van der Waals surface area contributed by atoms with Crippen LogP contribution in [0, 0.1) is 0 Å². The lowest BCUT2D eigenvalue weighted by molar-refractivity contribution is -0.862. The molecule has 1 aromatic rings. The number of rotatable bonds is 7. The van der Waals surface area contributed by atoms with Crippen LogP contribution in [-0.4, -0.2) is 38.5 Å². The van der Waals surface area contributed by atoms with Crippen LogP contribution in [0.2, 0.25) is 10.0 Å². The van der Waals surface area contributed by atoms with Crippen LogP contribution in [0.3, 0.4) is 0 Å². The van der Waals surface area contributed by atoms with Crippen molar-refractivity contribution in [2.75, 3.05) is 32.0 Å². The molecule has 0 aliphatic carbocycles. The van der Waals surface area contributed by atoms with Crippen LogP contribution in [0.1, 0.15) is 13.3 Å². The number of amides is 2. The highest BCUT2D eigenvalue weighted by molar-refractivity contribution is 6.43. The van der Waals surface area contributed by atoms with E-state index in [1.54, 1.807) is 25.2 Å². The van der Waals surface area contributed by atoms with Crippen LogP contribution in [0.15, 0.2) is 18.2 Å². The number of halogens is 2. The Kier molecular flexibility index (Phi) is 7.50. The molecule has 0 bridgehead atoms. The second kappa shape index (κ2) is 8.87. The van der Waals surface area contributed by atoms with Gasteiger partial charge in [-0.05, 0) is 18.6 Å². The number of carbonyl (C=O) groups excluding carboxylic acids is 2. The topological polar surface area (TPSA) is 62.6 Å². The standard InChI is InChI=1S/C14H19Cl2N3O2/c1-3-7-17-12(20)8-19(2)9-13(21)18-11-6-4-5-10(15)14(11)16/h4-6H,3,7-9H2,1-2H3,(H,17,20)(H,18,21)/p+1. The molecule has 5 nitrogen and oxygen atoms in total. The maximum Gasteiger partial charge on any atom is 0.279 e. The Morgan fingerprint density at radius 2 is 1.86 bits per heavy atom. The van der Waals surface area contributed by atoms with E-state index < -0.39 is 0 Å². The van der Waals surface area contributed by atoms with E-state index in [4.69, 9.17) is 23.2 Å². The number of benzene rings is 1. The van der Waals surface area contributed by atoms with Crippen molar-refractivity contribution in [1.29, 1.82) is 0 Å². The van der Waals surface area contributed by atoms with Crippen LogP contribution >= 0.6 is 23.2 Å². The zero-order valence-corrected chi connectivity index (χ0v) is 13.6. The lowest BCUT2D eigenvalue weighted by Gasteiger charge is -2.14. The minimum Gasteiger partial charge on any atom is -0.351 e. The molecule has 2 amide bonds. The van der Waals surface area contributed by atoms with Crippen molar-refractivity contribution < 1.29 is 14.5 Å². The summed E-state index contributed by atoms with van der Waals surface area (Å²) in [7, 11) is 1.78. The van der Waals surface area contributed by atoms with Crippen LogP contribution in [0.25, 0.3) is 0 Å². The molecule has 0 spiro atoms. The summed E-state index contributed by atoms with van der Waals surface area (Å²) >= 11 is 11.9. The third-order valence-corrected chi connectivity index (χ3v) is 3.54. The van der Waals surface area contributed by atoms with Crippen LogP contribution < -0.4 is 15.5 Å². The molecule has 7 heteroatoms. The first-order valence-corrected chi connectivity index (χ1v) is 7.51. The SMILES string of the molecule is CCCNC(=O)C[NH+](C)CC(=O)Nc1cccc(Cl)c1Cl. The normalized spacial score (nSPS) is 11.8. The highest BCUT2D eigenvalue weighted by Gasteiger charge is 2.15. The number of hydrogen-bond acceptors (Lipinski definition) is 2. The van der Waals surface area contributed by atoms with Gasteiger partial charge in [-0.25, -0.2) is 0 Å². The molecule has 0 saturated carbocycles. The third kappa shape index (κ3) is 6.33.